The second-order valence-corrected chi connectivity index (χ2v) is 6.32. The van der Waals surface area contributed by atoms with Crippen molar-refractivity contribution in [3.8, 4) is 22.7 Å². The molecule has 3 rings (SSSR count). The van der Waals surface area contributed by atoms with Gasteiger partial charge in [-0.2, -0.15) is 5.10 Å². The van der Waals surface area contributed by atoms with E-state index in [4.69, 9.17) is 9.47 Å². The molecule has 1 N–H and O–H groups in total. The molecule has 8 heteroatoms. The van der Waals surface area contributed by atoms with Gasteiger partial charge in [0, 0.05) is 10.0 Å². The maximum Gasteiger partial charge on any atom is 0.357 e. The van der Waals surface area contributed by atoms with Crippen molar-refractivity contribution in [3.63, 3.8) is 0 Å². The average Bonchev–Trinajstić information content (AvgIpc) is 3.09. The molecular formula is C19H15BrN2O5. The Balaban J connectivity index is 2.40. The molecule has 0 aliphatic heterocycles. The number of phenols is 1. The standard InChI is InChI=1S/C19H15BrN2O5/c1-26-18(24)15-16(13-10-12(23)8-9-14(13)20)21-22(17(15)19(25)27-2)11-6-4-3-5-7-11/h3-10,23H,1-2H3. The van der Waals surface area contributed by atoms with E-state index in [9.17, 15) is 14.7 Å². The van der Waals surface area contributed by atoms with Crippen molar-refractivity contribution in [1.29, 1.82) is 0 Å². The number of nitrogens with zero attached hydrogens (tertiary/aromatic N) is 2. The van der Waals surface area contributed by atoms with E-state index >= 15 is 0 Å². The van der Waals surface area contributed by atoms with Crippen LogP contribution in [0.3, 0.4) is 0 Å². The minimum absolute atomic E-state index is 0.0158. The molecule has 0 aliphatic rings. The zero-order chi connectivity index (χ0) is 19.6. The first-order valence-electron chi connectivity index (χ1n) is 7.82. The van der Waals surface area contributed by atoms with Crippen molar-refractivity contribution in [3.05, 3.63) is 64.3 Å². The Morgan fingerprint density at radius 1 is 1.04 bits per heavy atom. The topological polar surface area (TPSA) is 90.6 Å². The van der Waals surface area contributed by atoms with Crippen LogP contribution in [0.25, 0.3) is 16.9 Å². The van der Waals surface area contributed by atoms with Crippen molar-refractivity contribution >= 4 is 27.9 Å². The molecule has 0 bridgehead atoms. The Kier molecular flexibility index (Phi) is 5.27. The van der Waals surface area contributed by atoms with Gasteiger partial charge in [-0.1, -0.05) is 34.1 Å². The predicted octanol–water partition coefficient (Wildman–Crippen LogP) is 3.58. The molecule has 138 valence electrons. The molecule has 0 amide bonds. The number of phenolic OH excluding ortho intramolecular Hbond substituents is 1. The van der Waals surface area contributed by atoms with E-state index in [1.165, 1.54) is 31.0 Å². The van der Waals surface area contributed by atoms with Gasteiger partial charge in [-0.15, -0.1) is 0 Å². The number of rotatable bonds is 4. The number of halogens is 1. The van der Waals surface area contributed by atoms with Gasteiger partial charge < -0.3 is 14.6 Å². The molecule has 0 saturated heterocycles. The largest absolute Gasteiger partial charge is 0.508 e. The van der Waals surface area contributed by atoms with Gasteiger partial charge in [-0.3, -0.25) is 0 Å². The highest BCUT2D eigenvalue weighted by Crippen LogP contribution is 2.35. The number of carbonyl (C=O) groups is 2. The summed E-state index contributed by atoms with van der Waals surface area (Å²) in [6, 6.07) is 13.4. The lowest BCUT2D eigenvalue weighted by Gasteiger charge is -2.07. The quantitative estimate of drug-likeness (QED) is 0.636. The molecule has 1 heterocycles. The maximum atomic E-state index is 12.5. The molecule has 0 atom stereocenters. The molecule has 7 nitrogen and oxygen atoms in total. The average molecular weight is 431 g/mol. The van der Waals surface area contributed by atoms with Gasteiger partial charge in [-0.25, -0.2) is 14.3 Å². The van der Waals surface area contributed by atoms with Crippen molar-refractivity contribution in [1.82, 2.24) is 9.78 Å². The lowest BCUT2D eigenvalue weighted by Crippen LogP contribution is -2.15. The lowest BCUT2D eigenvalue weighted by atomic mass is 10.1. The van der Waals surface area contributed by atoms with Gasteiger partial charge in [0.2, 0.25) is 0 Å². The monoisotopic (exact) mass is 430 g/mol. The summed E-state index contributed by atoms with van der Waals surface area (Å²) in [5.41, 5.74) is 1.04. The van der Waals surface area contributed by atoms with Crippen LogP contribution in [0.2, 0.25) is 0 Å². The Morgan fingerprint density at radius 3 is 2.33 bits per heavy atom. The number of hydrogen-bond donors (Lipinski definition) is 1. The van der Waals surface area contributed by atoms with E-state index in [2.05, 4.69) is 21.0 Å². The summed E-state index contributed by atoms with van der Waals surface area (Å²) in [6.07, 6.45) is 0. The fraction of sp³-hybridized carbons (Fsp3) is 0.105. The van der Waals surface area contributed by atoms with Crippen LogP contribution in [-0.4, -0.2) is 41.0 Å². The third kappa shape index (κ3) is 3.43. The van der Waals surface area contributed by atoms with Crippen LogP contribution in [0.5, 0.6) is 5.75 Å². The number of ether oxygens (including phenoxy) is 2. The van der Waals surface area contributed by atoms with Gasteiger partial charge in [-0.05, 0) is 30.3 Å². The normalized spacial score (nSPS) is 10.5. The van der Waals surface area contributed by atoms with Crippen LogP contribution in [0.1, 0.15) is 20.8 Å². The van der Waals surface area contributed by atoms with Gasteiger partial charge in [0.1, 0.15) is 17.0 Å². The van der Waals surface area contributed by atoms with Gasteiger partial charge >= 0.3 is 11.9 Å². The van der Waals surface area contributed by atoms with Crippen LogP contribution in [0.4, 0.5) is 0 Å². The SMILES string of the molecule is COC(=O)c1c(-c2cc(O)ccc2Br)nn(-c2ccccc2)c1C(=O)OC. The highest BCUT2D eigenvalue weighted by atomic mass is 79.9. The second-order valence-electron chi connectivity index (χ2n) is 5.47. The highest BCUT2D eigenvalue weighted by Gasteiger charge is 2.32. The third-order valence-corrected chi connectivity index (χ3v) is 4.55. The van der Waals surface area contributed by atoms with E-state index in [1.54, 1.807) is 30.3 Å². The minimum atomic E-state index is -0.747. The van der Waals surface area contributed by atoms with Crippen molar-refractivity contribution < 1.29 is 24.2 Å². The first-order valence-corrected chi connectivity index (χ1v) is 8.61. The summed E-state index contributed by atoms with van der Waals surface area (Å²) in [5, 5.41) is 14.3. The number of aromatic hydroxyl groups is 1. The molecule has 1 aromatic heterocycles. The summed E-state index contributed by atoms with van der Waals surface area (Å²) in [5.74, 6) is -1.50. The van der Waals surface area contributed by atoms with Crippen LogP contribution < -0.4 is 0 Å². The van der Waals surface area contributed by atoms with E-state index in [0.29, 0.717) is 15.7 Å². The third-order valence-electron chi connectivity index (χ3n) is 3.86. The zero-order valence-electron chi connectivity index (χ0n) is 14.5. The van der Waals surface area contributed by atoms with E-state index < -0.39 is 11.9 Å². The first kappa shape index (κ1) is 18.7. The molecule has 2 aromatic carbocycles. The van der Waals surface area contributed by atoms with E-state index in [1.807, 2.05) is 6.07 Å². The smallest absolute Gasteiger partial charge is 0.357 e. The van der Waals surface area contributed by atoms with E-state index in [0.717, 1.165) is 0 Å². The molecule has 3 aromatic rings. The number of methoxy groups -OCH3 is 2. The van der Waals surface area contributed by atoms with Crippen LogP contribution in [0.15, 0.2) is 53.0 Å². The number of benzene rings is 2. The number of para-hydroxylation sites is 1. The summed E-state index contributed by atoms with van der Waals surface area (Å²) >= 11 is 3.39. The second kappa shape index (κ2) is 7.63. The van der Waals surface area contributed by atoms with Gasteiger partial charge in [0.15, 0.2) is 5.69 Å². The first-order chi connectivity index (χ1) is 13.0. The summed E-state index contributed by atoms with van der Waals surface area (Å²) in [7, 11) is 2.43. The van der Waals surface area contributed by atoms with Crippen LogP contribution in [0, 0.1) is 0 Å². The van der Waals surface area contributed by atoms with Crippen LogP contribution >= 0.6 is 15.9 Å². The summed E-state index contributed by atoms with van der Waals surface area (Å²) in [6.45, 7) is 0. The predicted molar refractivity (Wildman–Crippen MR) is 101 cm³/mol. The van der Waals surface area contributed by atoms with Crippen LogP contribution in [-0.2, 0) is 9.47 Å². The van der Waals surface area contributed by atoms with Crippen molar-refractivity contribution in [2.45, 2.75) is 0 Å². The van der Waals surface area contributed by atoms with Gasteiger partial charge in [0.25, 0.3) is 0 Å². The minimum Gasteiger partial charge on any atom is -0.508 e. The molecule has 0 aliphatic carbocycles. The molecular weight excluding hydrogens is 416 g/mol. The molecule has 0 radical (unpaired) electrons. The fourth-order valence-corrected chi connectivity index (χ4v) is 3.07. The lowest BCUT2D eigenvalue weighted by molar-refractivity contribution is 0.0549. The zero-order valence-corrected chi connectivity index (χ0v) is 16.1. The fourth-order valence-electron chi connectivity index (χ4n) is 2.64. The number of carbonyl (C=O) groups excluding carboxylic acids is 2. The molecule has 0 spiro atoms. The van der Waals surface area contributed by atoms with Crippen molar-refractivity contribution in [2.24, 2.45) is 0 Å². The summed E-state index contributed by atoms with van der Waals surface area (Å²) < 4.78 is 11.6. The highest BCUT2D eigenvalue weighted by molar-refractivity contribution is 9.10. The van der Waals surface area contributed by atoms with Gasteiger partial charge in [0.05, 0.1) is 19.9 Å². The molecule has 0 fully saturated rings. The Hall–Kier alpha value is -3.13. The van der Waals surface area contributed by atoms with Crippen molar-refractivity contribution in [2.75, 3.05) is 14.2 Å². The number of aromatic nitrogens is 2. The molecule has 0 saturated carbocycles. The van der Waals surface area contributed by atoms with E-state index in [-0.39, 0.29) is 22.7 Å². The maximum absolute atomic E-state index is 12.5. The molecule has 0 unspecified atom stereocenters. The Morgan fingerprint density at radius 2 is 1.70 bits per heavy atom. The Bertz CT molecular complexity index is 1010. The molecule has 27 heavy (non-hydrogen) atoms. The summed E-state index contributed by atoms with van der Waals surface area (Å²) in [4.78, 5) is 25.0. The number of esters is 2. The Labute approximate surface area is 163 Å². The number of hydrogen-bond acceptors (Lipinski definition) is 6.